The molecular weight excluding hydrogens is 424 g/mol. The van der Waals surface area contributed by atoms with Gasteiger partial charge in [-0.1, -0.05) is 24.3 Å². The lowest BCUT2D eigenvalue weighted by Gasteiger charge is -2.23. The van der Waals surface area contributed by atoms with Crippen molar-refractivity contribution in [2.75, 3.05) is 32.8 Å². The standard InChI is InChI=1S/C20H32N6O4.ClH/c21-19(22)15-3-1-13(2-4-15)10-25-18(16(28)12-27)20(30)26-11-17(29)24-9-14-5-7-23-8-6-14;/h1-4,14,16,18,23,25,27-28H,5-12H2,(H3,21,22)(H,24,29)(H,26,30);1H. The summed E-state index contributed by atoms with van der Waals surface area (Å²) in [6.07, 6.45) is 0.697. The van der Waals surface area contributed by atoms with Crippen LogP contribution >= 0.6 is 12.4 Å². The lowest BCUT2D eigenvalue weighted by Crippen LogP contribution is -2.53. The Morgan fingerprint density at radius 2 is 1.84 bits per heavy atom. The summed E-state index contributed by atoms with van der Waals surface area (Å²) in [4.78, 5) is 24.5. The zero-order valence-corrected chi connectivity index (χ0v) is 18.2. The van der Waals surface area contributed by atoms with E-state index in [0.717, 1.165) is 31.5 Å². The second-order valence-corrected chi connectivity index (χ2v) is 7.43. The van der Waals surface area contributed by atoms with Gasteiger partial charge < -0.3 is 31.9 Å². The molecule has 10 nitrogen and oxygen atoms in total. The predicted molar refractivity (Wildman–Crippen MR) is 120 cm³/mol. The number of rotatable bonds is 11. The Morgan fingerprint density at radius 1 is 1.19 bits per heavy atom. The van der Waals surface area contributed by atoms with Crippen LogP contribution in [0, 0.1) is 11.3 Å². The van der Waals surface area contributed by atoms with Gasteiger partial charge in [-0.3, -0.25) is 20.3 Å². The van der Waals surface area contributed by atoms with Crippen LogP contribution in [0.3, 0.4) is 0 Å². The number of carbonyl (C=O) groups is 2. The lowest BCUT2D eigenvalue weighted by atomic mass is 9.98. The highest BCUT2D eigenvalue weighted by Crippen LogP contribution is 2.09. The number of aliphatic hydroxyl groups excluding tert-OH is 2. The molecule has 11 heteroatoms. The molecule has 1 aromatic rings. The lowest BCUT2D eigenvalue weighted by molar-refractivity contribution is -0.129. The van der Waals surface area contributed by atoms with Gasteiger partial charge in [0, 0.05) is 18.7 Å². The van der Waals surface area contributed by atoms with E-state index in [-0.39, 0.29) is 37.2 Å². The van der Waals surface area contributed by atoms with Crippen LogP contribution in [0.4, 0.5) is 0 Å². The van der Waals surface area contributed by atoms with Crippen molar-refractivity contribution in [3.05, 3.63) is 35.4 Å². The highest BCUT2D eigenvalue weighted by molar-refractivity contribution is 5.94. The number of piperidine rings is 1. The van der Waals surface area contributed by atoms with Crippen molar-refractivity contribution in [1.29, 1.82) is 5.41 Å². The number of nitrogens with two attached hydrogens (primary N) is 1. The third-order valence-electron chi connectivity index (χ3n) is 5.12. The van der Waals surface area contributed by atoms with Gasteiger partial charge in [-0.25, -0.2) is 0 Å². The number of carbonyl (C=O) groups excluding carboxylic acids is 2. The van der Waals surface area contributed by atoms with Gasteiger partial charge in [0.15, 0.2) is 0 Å². The minimum absolute atomic E-state index is 0. The van der Waals surface area contributed by atoms with Gasteiger partial charge in [-0.2, -0.15) is 0 Å². The minimum atomic E-state index is -1.32. The van der Waals surface area contributed by atoms with Crippen molar-refractivity contribution in [3.63, 3.8) is 0 Å². The highest BCUT2D eigenvalue weighted by Gasteiger charge is 2.26. The molecule has 1 aliphatic heterocycles. The molecule has 2 atom stereocenters. The van der Waals surface area contributed by atoms with Gasteiger partial charge in [0.2, 0.25) is 11.8 Å². The van der Waals surface area contributed by atoms with Crippen molar-refractivity contribution < 1.29 is 19.8 Å². The smallest absolute Gasteiger partial charge is 0.240 e. The van der Waals surface area contributed by atoms with E-state index >= 15 is 0 Å². The zero-order valence-electron chi connectivity index (χ0n) is 17.4. The van der Waals surface area contributed by atoms with Crippen LogP contribution < -0.4 is 27.0 Å². The maximum atomic E-state index is 12.4. The van der Waals surface area contributed by atoms with Crippen LogP contribution in [0.5, 0.6) is 0 Å². The molecule has 1 heterocycles. The molecule has 1 aliphatic rings. The molecule has 9 N–H and O–H groups in total. The number of benzene rings is 1. The summed E-state index contributed by atoms with van der Waals surface area (Å²) in [5.41, 5.74) is 6.81. The molecule has 0 spiro atoms. The van der Waals surface area contributed by atoms with Crippen molar-refractivity contribution in [2.45, 2.75) is 31.5 Å². The van der Waals surface area contributed by atoms with Gasteiger partial charge in [-0.15, -0.1) is 12.4 Å². The first-order valence-corrected chi connectivity index (χ1v) is 10.1. The number of amides is 2. The molecule has 1 saturated heterocycles. The van der Waals surface area contributed by atoms with E-state index in [4.69, 9.17) is 11.1 Å². The van der Waals surface area contributed by atoms with Crippen molar-refractivity contribution in [3.8, 4) is 0 Å². The molecule has 0 saturated carbocycles. The fourth-order valence-corrected chi connectivity index (χ4v) is 3.22. The van der Waals surface area contributed by atoms with E-state index in [1.165, 1.54) is 0 Å². The summed E-state index contributed by atoms with van der Waals surface area (Å²) in [7, 11) is 0. The van der Waals surface area contributed by atoms with E-state index in [1.807, 2.05) is 0 Å². The molecule has 0 radical (unpaired) electrons. The Balaban J connectivity index is 0.00000480. The number of hydrogen-bond acceptors (Lipinski definition) is 7. The van der Waals surface area contributed by atoms with Crippen molar-refractivity contribution in [1.82, 2.24) is 21.3 Å². The summed E-state index contributed by atoms with van der Waals surface area (Å²) in [6.45, 7) is 1.91. The molecular formula is C20H33ClN6O4. The first kappa shape index (κ1) is 26.8. The van der Waals surface area contributed by atoms with Gasteiger partial charge in [0.25, 0.3) is 0 Å². The van der Waals surface area contributed by atoms with Crippen molar-refractivity contribution in [2.24, 2.45) is 11.7 Å². The minimum Gasteiger partial charge on any atom is -0.394 e. The summed E-state index contributed by atoms with van der Waals surface area (Å²) in [6, 6.07) is 5.78. The molecule has 0 aliphatic carbocycles. The molecule has 2 unspecified atom stereocenters. The number of aliphatic hydroxyl groups is 2. The average Bonchev–Trinajstić information content (AvgIpc) is 2.77. The number of halogens is 1. The second kappa shape index (κ2) is 13.9. The number of hydrogen-bond donors (Lipinski definition) is 8. The normalized spacial score (nSPS) is 15.9. The average molecular weight is 457 g/mol. The number of nitrogens with one attached hydrogen (secondary N) is 5. The van der Waals surface area contributed by atoms with Gasteiger partial charge in [-0.05, 0) is 37.4 Å². The van der Waals surface area contributed by atoms with E-state index in [1.54, 1.807) is 24.3 Å². The summed E-state index contributed by atoms with van der Waals surface area (Å²) >= 11 is 0. The Bertz CT molecular complexity index is 712. The zero-order chi connectivity index (χ0) is 21.9. The molecule has 174 valence electrons. The second-order valence-electron chi connectivity index (χ2n) is 7.43. The van der Waals surface area contributed by atoms with Crippen LogP contribution in [-0.4, -0.2) is 72.8 Å². The Labute approximate surface area is 188 Å². The Kier molecular flexibility index (Phi) is 12.1. The third kappa shape index (κ3) is 9.19. The van der Waals surface area contributed by atoms with Gasteiger partial charge in [0.1, 0.15) is 18.0 Å². The molecule has 1 fully saturated rings. The molecule has 2 amide bonds. The third-order valence-corrected chi connectivity index (χ3v) is 5.12. The number of amidine groups is 1. The Morgan fingerprint density at radius 3 is 2.42 bits per heavy atom. The summed E-state index contributed by atoms with van der Waals surface area (Å²) in [5, 5.41) is 38.1. The van der Waals surface area contributed by atoms with Crippen LogP contribution in [0.15, 0.2) is 24.3 Å². The molecule has 2 rings (SSSR count). The fraction of sp³-hybridized carbons (Fsp3) is 0.550. The first-order valence-electron chi connectivity index (χ1n) is 10.1. The van der Waals surface area contributed by atoms with Crippen LogP contribution in [-0.2, 0) is 16.1 Å². The van der Waals surface area contributed by atoms with E-state index in [9.17, 15) is 19.8 Å². The largest absolute Gasteiger partial charge is 0.394 e. The molecule has 31 heavy (non-hydrogen) atoms. The molecule has 0 aromatic heterocycles. The summed E-state index contributed by atoms with van der Waals surface area (Å²) in [5.74, 6) is -0.473. The molecule has 0 bridgehead atoms. The fourth-order valence-electron chi connectivity index (χ4n) is 3.22. The van der Waals surface area contributed by atoms with Crippen LogP contribution in [0.1, 0.15) is 24.0 Å². The Hall–Kier alpha value is -2.24. The van der Waals surface area contributed by atoms with Crippen LogP contribution in [0.2, 0.25) is 0 Å². The maximum absolute atomic E-state index is 12.4. The highest BCUT2D eigenvalue weighted by atomic mass is 35.5. The van der Waals surface area contributed by atoms with Gasteiger partial charge in [0.05, 0.1) is 13.2 Å². The van der Waals surface area contributed by atoms with Gasteiger partial charge >= 0.3 is 0 Å². The number of nitrogen functional groups attached to an aromatic ring is 1. The van der Waals surface area contributed by atoms with E-state index in [0.29, 0.717) is 18.0 Å². The SMILES string of the molecule is Cl.N=C(N)c1ccc(CNC(C(=O)NCC(=O)NCC2CCNCC2)C(O)CO)cc1. The van der Waals surface area contributed by atoms with E-state index < -0.39 is 24.7 Å². The monoisotopic (exact) mass is 456 g/mol. The summed E-state index contributed by atoms with van der Waals surface area (Å²) < 4.78 is 0. The molecule has 1 aromatic carbocycles. The van der Waals surface area contributed by atoms with Crippen LogP contribution in [0.25, 0.3) is 0 Å². The quantitative estimate of drug-likeness (QED) is 0.147. The van der Waals surface area contributed by atoms with Crippen molar-refractivity contribution >= 4 is 30.1 Å². The van der Waals surface area contributed by atoms with E-state index in [2.05, 4.69) is 21.3 Å². The topological polar surface area (TPSA) is 173 Å². The predicted octanol–water partition coefficient (Wildman–Crippen LogP) is -1.56. The first-order chi connectivity index (χ1) is 14.4. The maximum Gasteiger partial charge on any atom is 0.240 e.